The van der Waals surface area contributed by atoms with Crippen molar-refractivity contribution in [1.29, 1.82) is 0 Å². The Bertz CT molecular complexity index is 2930. The van der Waals surface area contributed by atoms with Crippen LogP contribution in [0, 0.1) is 6.92 Å². The molecule has 0 N–H and O–H groups in total. The van der Waals surface area contributed by atoms with Gasteiger partial charge in [-0.1, -0.05) is 166 Å². The average molecular weight is 692 g/mol. The maximum atomic E-state index is 2.36. The number of nitrogens with zero attached hydrogens (tertiary/aromatic N) is 1. The molecule has 10 rings (SSSR count). The topological polar surface area (TPSA) is 3.24 Å². The van der Waals surface area contributed by atoms with Crippen LogP contribution in [0.5, 0.6) is 0 Å². The van der Waals surface area contributed by atoms with Crippen LogP contribution in [0.4, 0.5) is 17.1 Å². The summed E-state index contributed by atoms with van der Waals surface area (Å²) in [6.07, 6.45) is 0. The third-order valence-electron chi connectivity index (χ3n) is 11.4. The third-order valence-corrected chi connectivity index (χ3v) is 11.4. The highest BCUT2D eigenvalue weighted by atomic mass is 15.1. The SMILES string of the molecule is Cc1ccc(N(c2ccc(-c3c4ccccc4c(-c4ccc5ccc6cccc7ccc4c5c67)c4ccccc34)cc2)c2ccc(C(C)(C)C)cc2)cc1. The number of anilines is 3. The van der Waals surface area contributed by atoms with Crippen molar-refractivity contribution in [2.45, 2.75) is 33.1 Å². The van der Waals surface area contributed by atoms with Crippen molar-refractivity contribution in [3.63, 3.8) is 0 Å². The molecule has 0 unspecified atom stereocenters. The summed E-state index contributed by atoms with van der Waals surface area (Å²) in [4.78, 5) is 2.36. The molecule has 10 aromatic carbocycles. The zero-order chi connectivity index (χ0) is 36.6. The summed E-state index contributed by atoms with van der Waals surface area (Å²) in [5, 5.41) is 12.9. The van der Waals surface area contributed by atoms with Crippen LogP contribution < -0.4 is 4.90 Å². The molecular formula is C53H41N. The molecule has 0 amide bonds. The molecule has 0 radical (unpaired) electrons. The van der Waals surface area contributed by atoms with Gasteiger partial charge in [0, 0.05) is 17.1 Å². The van der Waals surface area contributed by atoms with E-state index >= 15 is 0 Å². The molecule has 0 aromatic heterocycles. The minimum atomic E-state index is 0.0932. The van der Waals surface area contributed by atoms with Gasteiger partial charge in [-0.25, -0.2) is 0 Å². The predicted molar refractivity (Wildman–Crippen MR) is 234 cm³/mol. The lowest BCUT2D eigenvalue weighted by molar-refractivity contribution is 0.590. The molecule has 0 aliphatic heterocycles. The zero-order valence-electron chi connectivity index (χ0n) is 31.2. The quantitative estimate of drug-likeness (QED) is 0.128. The van der Waals surface area contributed by atoms with Gasteiger partial charge in [0.05, 0.1) is 0 Å². The summed E-state index contributed by atoms with van der Waals surface area (Å²) in [6, 6.07) is 65.5. The smallest absolute Gasteiger partial charge is 0.0462 e. The van der Waals surface area contributed by atoms with Gasteiger partial charge in [-0.15, -0.1) is 0 Å². The third kappa shape index (κ3) is 5.15. The predicted octanol–water partition coefficient (Wildman–Crippen LogP) is 15.3. The fourth-order valence-electron chi connectivity index (χ4n) is 8.71. The zero-order valence-corrected chi connectivity index (χ0v) is 31.2. The highest BCUT2D eigenvalue weighted by molar-refractivity contribution is 6.29. The van der Waals surface area contributed by atoms with Gasteiger partial charge in [0.1, 0.15) is 0 Å². The molecule has 54 heavy (non-hydrogen) atoms. The van der Waals surface area contributed by atoms with Gasteiger partial charge in [0.2, 0.25) is 0 Å². The van der Waals surface area contributed by atoms with E-state index in [9.17, 15) is 0 Å². The summed E-state index contributed by atoms with van der Waals surface area (Å²) >= 11 is 0. The fraction of sp³-hybridized carbons (Fsp3) is 0.0943. The molecule has 0 aliphatic rings. The van der Waals surface area contributed by atoms with Gasteiger partial charge in [-0.3, -0.25) is 0 Å². The highest BCUT2D eigenvalue weighted by Crippen LogP contribution is 2.48. The van der Waals surface area contributed by atoms with Crippen molar-refractivity contribution in [1.82, 2.24) is 0 Å². The summed E-state index contributed by atoms with van der Waals surface area (Å²) in [5.74, 6) is 0. The summed E-state index contributed by atoms with van der Waals surface area (Å²) in [6.45, 7) is 8.95. The van der Waals surface area contributed by atoms with Crippen molar-refractivity contribution >= 4 is 70.9 Å². The molecular weight excluding hydrogens is 651 g/mol. The molecule has 0 fully saturated rings. The number of benzene rings is 10. The fourth-order valence-corrected chi connectivity index (χ4v) is 8.71. The van der Waals surface area contributed by atoms with Gasteiger partial charge >= 0.3 is 0 Å². The van der Waals surface area contributed by atoms with Crippen LogP contribution >= 0.6 is 0 Å². The average Bonchev–Trinajstić information content (AvgIpc) is 3.20. The first-order valence-electron chi connectivity index (χ1n) is 19.0. The van der Waals surface area contributed by atoms with Crippen LogP contribution in [-0.4, -0.2) is 0 Å². The van der Waals surface area contributed by atoms with Crippen molar-refractivity contribution in [3.8, 4) is 22.3 Å². The summed E-state index contributed by atoms with van der Waals surface area (Å²) < 4.78 is 0. The van der Waals surface area contributed by atoms with E-state index in [-0.39, 0.29) is 5.41 Å². The van der Waals surface area contributed by atoms with Gasteiger partial charge in [0.25, 0.3) is 0 Å². The van der Waals surface area contributed by atoms with Crippen LogP contribution in [0.3, 0.4) is 0 Å². The van der Waals surface area contributed by atoms with Gasteiger partial charge in [0.15, 0.2) is 0 Å². The van der Waals surface area contributed by atoms with E-state index in [1.807, 2.05) is 0 Å². The molecule has 1 nitrogen and oxygen atoms in total. The second kappa shape index (κ2) is 12.3. The second-order valence-corrected chi connectivity index (χ2v) is 15.8. The number of hydrogen-bond acceptors (Lipinski definition) is 1. The number of hydrogen-bond donors (Lipinski definition) is 0. The van der Waals surface area contributed by atoms with Crippen LogP contribution in [0.25, 0.3) is 76.1 Å². The first kappa shape index (κ1) is 32.2. The lowest BCUT2D eigenvalue weighted by Crippen LogP contribution is -2.13. The van der Waals surface area contributed by atoms with Crippen molar-refractivity contribution < 1.29 is 0 Å². The number of fused-ring (bicyclic) bond motifs is 2. The van der Waals surface area contributed by atoms with Crippen LogP contribution in [0.1, 0.15) is 31.9 Å². The van der Waals surface area contributed by atoms with Crippen molar-refractivity contribution in [2.24, 2.45) is 0 Å². The number of aryl methyl sites for hydroxylation is 1. The van der Waals surface area contributed by atoms with Gasteiger partial charge < -0.3 is 4.90 Å². The number of rotatable bonds is 5. The summed E-state index contributed by atoms with van der Waals surface area (Å²) in [7, 11) is 0. The van der Waals surface area contributed by atoms with Crippen molar-refractivity contribution in [2.75, 3.05) is 4.90 Å². The van der Waals surface area contributed by atoms with Gasteiger partial charge in [-0.2, -0.15) is 0 Å². The Morgan fingerprint density at radius 3 is 1.39 bits per heavy atom. The maximum Gasteiger partial charge on any atom is 0.0462 e. The van der Waals surface area contributed by atoms with Crippen LogP contribution in [-0.2, 0) is 5.41 Å². The molecule has 10 aromatic rings. The highest BCUT2D eigenvalue weighted by Gasteiger charge is 2.21. The Morgan fingerprint density at radius 2 is 0.833 bits per heavy atom. The monoisotopic (exact) mass is 691 g/mol. The maximum absolute atomic E-state index is 2.36. The first-order valence-corrected chi connectivity index (χ1v) is 19.0. The van der Waals surface area contributed by atoms with E-state index in [0.29, 0.717) is 0 Å². The molecule has 0 saturated heterocycles. The normalized spacial score (nSPS) is 12.1. The van der Waals surface area contributed by atoms with E-state index in [1.165, 1.54) is 87.2 Å². The van der Waals surface area contributed by atoms with Crippen LogP contribution in [0.2, 0.25) is 0 Å². The minimum absolute atomic E-state index is 0.0932. The Hall–Kier alpha value is -6.44. The second-order valence-electron chi connectivity index (χ2n) is 15.8. The first-order chi connectivity index (χ1) is 26.3. The largest absolute Gasteiger partial charge is 0.311 e. The van der Waals surface area contributed by atoms with Gasteiger partial charge in [-0.05, 0) is 130 Å². The Kier molecular flexibility index (Phi) is 7.35. The molecule has 0 aliphatic carbocycles. The summed E-state index contributed by atoms with van der Waals surface area (Å²) in [5.41, 5.74) is 11.1. The Labute approximate surface area is 317 Å². The molecule has 0 atom stereocenters. The van der Waals surface area contributed by atoms with Crippen molar-refractivity contribution in [3.05, 3.63) is 187 Å². The lowest BCUT2D eigenvalue weighted by Gasteiger charge is -2.27. The van der Waals surface area contributed by atoms with E-state index in [0.717, 1.165) is 17.1 Å². The molecule has 258 valence electrons. The van der Waals surface area contributed by atoms with Crippen LogP contribution in [0.15, 0.2) is 176 Å². The van der Waals surface area contributed by atoms with E-state index in [4.69, 9.17) is 0 Å². The minimum Gasteiger partial charge on any atom is -0.311 e. The molecule has 0 heterocycles. The van der Waals surface area contributed by atoms with E-state index < -0.39 is 0 Å². The molecule has 0 saturated carbocycles. The van der Waals surface area contributed by atoms with E-state index in [2.05, 4.69) is 209 Å². The lowest BCUT2D eigenvalue weighted by atomic mass is 9.83. The Balaban J connectivity index is 1.16. The van der Waals surface area contributed by atoms with E-state index in [1.54, 1.807) is 0 Å². The molecule has 0 spiro atoms. The molecule has 1 heteroatoms. The Morgan fingerprint density at radius 1 is 0.370 bits per heavy atom. The standard InChI is InChI=1S/C53H41N/c1-34-16-26-40(27-17-34)54(42-30-24-39(25-31-42)53(2,3)4)41-28-20-37(21-29-41)50-43-12-5-7-14-45(43)52(46-15-8-6-13-44(46)50)48-33-23-38-19-18-35-10-9-11-36-22-32-47(48)51(38)49(35)36/h5-33H,1-4H3. The molecule has 0 bridgehead atoms.